The minimum absolute atomic E-state index is 0.314. The molecule has 1 aliphatic rings. The van der Waals surface area contributed by atoms with Gasteiger partial charge < -0.3 is 19.2 Å². The van der Waals surface area contributed by atoms with Crippen LogP contribution in [0, 0.1) is 0 Å². The van der Waals surface area contributed by atoms with Crippen molar-refractivity contribution in [3.8, 4) is 0 Å². The number of hydrogen-bond acceptors (Lipinski definition) is 6. The molecule has 0 saturated heterocycles. The van der Waals surface area contributed by atoms with Gasteiger partial charge in [0.05, 0.1) is 17.5 Å². The highest BCUT2D eigenvalue weighted by Gasteiger charge is 2.31. The average Bonchev–Trinajstić information content (AvgIpc) is 3.25. The Morgan fingerprint density at radius 1 is 1.23 bits per heavy atom. The van der Waals surface area contributed by atoms with E-state index in [4.69, 9.17) is 37.8 Å². The van der Waals surface area contributed by atoms with E-state index >= 15 is 0 Å². The third-order valence-electron chi connectivity index (χ3n) is 4.05. The molecule has 0 radical (unpaired) electrons. The Labute approximate surface area is 160 Å². The third kappa shape index (κ3) is 4.54. The number of hydrogen-bond donors (Lipinski definition) is 2. The molecular weight excluding hydrogens is 379 g/mol. The van der Waals surface area contributed by atoms with Gasteiger partial charge in [-0.25, -0.2) is 15.0 Å². The van der Waals surface area contributed by atoms with Crippen molar-refractivity contribution in [1.82, 2.24) is 19.5 Å². The second-order valence-electron chi connectivity index (χ2n) is 6.78. The fraction of sp³-hybridized carbons (Fsp3) is 0.471. The Hall–Kier alpha value is -1.67. The summed E-state index contributed by atoms with van der Waals surface area (Å²) in [7, 11) is 0. The van der Waals surface area contributed by atoms with Crippen molar-refractivity contribution in [3.63, 3.8) is 0 Å². The van der Waals surface area contributed by atoms with E-state index in [1.165, 1.54) is 13.8 Å². The maximum Gasteiger partial charge on any atom is 0.197 e. The van der Waals surface area contributed by atoms with Gasteiger partial charge in [0.2, 0.25) is 0 Å². The van der Waals surface area contributed by atoms with Crippen molar-refractivity contribution in [2.24, 2.45) is 0 Å². The van der Waals surface area contributed by atoms with Crippen molar-refractivity contribution >= 4 is 34.4 Å². The molecule has 1 fully saturated rings. The van der Waals surface area contributed by atoms with E-state index in [1.54, 1.807) is 24.9 Å². The topological polar surface area (TPSA) is 97.2 Å². The van der Waals surface area contributed by atoms with Crippen molar-refractivity contribution in [2.75, 3.05) is 0 Å². The molecule has 0 aliphatic heterocycles. The largest absolute Gasteiger partial charge is 0.449 e. The van der Waals surface area contributed by atoms with Crippen LogP contribution in [-0.4, -0.2) is 35.5 Å². The Morgan fingerprint density at radius 3 is 2.62 bits per heavy atom. The summed E-state index contributed by atoms with van der Waals surface area (Å²) in [6.07, 6.45) is 8.14. The Balaban J connectivity index is 0.000000349. The molecular formula is C17H20Cl2N4O3. The van der Waals surface area contributed by atoms with Gasteiger partial charge in [-0.2, -0.15) is 0 Å². The first-order chi connectivity index (χ1) is 12.2. The maximum atomic E-state index is 8.08. The van der Waals surface area contributed by atoms with Crippen LogP contribution in [0.25, 0.3) is 11.2 Å². The minimum Gasteiger partial charge on any atom is -0.449 e. The van der Waals surface area contributed by atoms with E-state index in [9.17, 15) is 0 Å². The molecule has 0 unspecified atom stereocenters. The molecule has 0 aromatic carbocycles. The molecule has 1 aliphatic carbocycles. The van der Waals surface area contributed by atoms with Crippen LogP contribution < -0.4 is 0 Å². The van der Waals surface area contributed by atoms with Gasteiger partial charge in [-0.05, 0) is 39.2 Å². The van der Waals surface area contributed by atoms with Gasteiger partial charge in [0.1, 0.15) is 16.9 Å². The number of aromatic nitrogens is 4. The molecule has 0 amide bonds. The summed E-state index contributed by atoms with van der Waals surface area (Å²) >= 11 is 12.2. The standard InChI is InChI=1S/C14H12Cl2N4O.C3H8O2/c15-10-6-11(16)19-13-12(10)18-7-20(13)9-2-1-8(5-9)14-17-3-4-21-14;1-3(2,4)5/h3-4,6-9H,1-2,5H2;4-5H,1-2H3/t8-,9+;/m1./s1. The van der Waals surface area contributed by atoms with Crippen LogP contribution in [0.2, 0.25) is 10.2 Å². The van der Waals surface area contributed by atoms with Crippen molar-refractivity contribution in [1.29, 1.82) is 0 Å². The average molecular weight is 399 g/mol. The molecule has 140 valence electrons. The van der Waals surface area contributed by atoms with Crippen LogP contribution in [0.1, 0.15) is 51.0 Å². The van der Waals surface area contributed by atoms with Crippen LogP contribution >= 0.6 is 23.2 Å². The molecule has 0 bridgehead atoms. The molecule has 3 aromatic rings. The van der Waals surface area contributed by atoms with Crippen LogP contribution in [0.15, 0.2) is 29.3 Å². The lowest BCUT2D eigenvalue weighted by Gasteiger charge is -2.12. The molecule has 0 spiro atoms. The zero-order valence-electron chi connectivity index (χ0n) is 14.4. The number of oxazole rings is 1. The van der Waals surface area contributed by atoms with E-state index in [-0.39, 0.29) is 0 Å². The highest BCUT2D eigenvalue weighted by atomic mass is 35.5. The zero-order valence-corrected chi connectivity index (χ0v) is 15.9. The van der Waals surface area contributed by atoms with Crippen molar-refractivity contribution in [2.45, 2.75) is 50.9 Å². The number of aliphatic hydroxyl groups is 2. The Kier molecular flexibility index (Phi) is 5.53. The van der Waals surface area contributed by atoms with Crippen LogP contribution in [0.5, 0.6) is 0 Å². The van der Waals surface area contributed by atoms with Gasteiger partial charge in [-0.1, -0.05) is 23.2 Å². The summed E-state index contributed by atoms with van der Waals surface area (Å²) in [5.74, 6) is -0.344. The van der Waals surface area contributed by atoms with Crippen LogP contribution in [-0.2, 0) is 0 Å². The third-order valence-corrected chi connectivity index (χ3v) is 4.53. The lowest BCUT2D eigenvalue weighted by Crippen LogP contribution is -2.15. The SMILES string of the molecule is CC(C)(O)O.Clc1cc(Cl)c2ncn([C@H]3CC[C@@H](c4ncco4)C3)c2n1. The molecule has 3 heterocycles. The number of pyridine rings is 1. The first-order valence-electron chi connectivity index (χ1n) is 8.25. The summed E-state index contributed by atoms with van der Waals surface area (Å²) in [5, 5.41) is 17.1. The summed E-state index contributed by atoms with van der Waals surface area (Å²) in [6, 6.07) is 1.93. The number of fused-ring (bicyclic) bond motifs is 1. The Morgan fingerprint density at radius 2 is 1.96 bits per heavy atom. The predicted octanol–water partition coefficient (Wildman–Crippen LogP) is 3.94. The summed E-state index contributed by atoms with van der Waals surface area (Å²) in [5.41, 5.74) is 1.44. The van der Waals surface area contributed by atoms with Gasteiger partial charge in [0, 0.05) is 12.0 Å². The smallest absolute Gasteiger partial charge is 0.197 e. The lowest BCUT2D eigenvalue weighted by molar-refractivity contribution is -0.127. The minimum atomic E-state index is -1.50. The highest BCUT2D eigenvalue weighted by Crippen LogP contribution is 2.41. The summed E-state index contributed by atoms with van der Waals surface area (Å²) in [6.45, 7) is 2.60. The summed E-state index contributed by atoms with van der Waals surface area (Å²) in [4.78, 5) is 13.0. The number of halogens is 2. The molecule has 26 heavy (non-hydrogen) atoms. The molecule has 7 nitrogen and oxygen atoms in total. The molecule has 3 aromatic heterocycles. The van der Waals surface area contributed by atoms with Gasteiger partial charge in [-0.3, -0.25) is 0 Å². The van der Waals surface area contributed by atoms with E-state index in [0.29, 0.717) is 27.7 Å². The maximum absolute atomic E-state index is 8.08. The van der Waals surface area contributed by atoms with Gasteiger partial charge in [0.15, 0.2) is 17.3 Å². The van der Waals surface area contributed by atoms with Gasteiger partial charge in [-0.15, -0.1) is 0 Å². The van der Waals surface area contributed by atoms with Crippen LogP contribution in [0.3, 0.4) is 0 Å². The van der Waals surface area contributed by atoms with E-state index in [2.05, 4.69) is 19.5 Å². The Bertz CT molecular complexity index is 868. The zero-order chi connectivity index (χ0) is 18.9. The van der Waals surface area contributed by atoms with Crippen LogP contribution in [0.4, 0.5) is 0 Å². The second kappa shape index (κ2) is 7.52. The van der Waals surface area contributed by atoms with Gasteiger partial charge in [0.25, 0.3) is 0 Å². The molecule has 2 N–H and O–H groups in total. The monoisotopic (exact) mass is 398 g/mol. The lowest BCUT2D eigenvalue weighted by atomic mass is 10.1. The number of imidazole rings is 1. The molecule has 2 atom stereocenters. The fourth-order valence-corrected chi connectivity index (χ4v) is 3.56. The number of nitrogens with zero attached hydrogens (tertiary/aromatic N) is 4. The second-order valence-corrected chi connectivity index (χ2v) is 7.57. The summed E-state index contributed by atoms with van der Waals surface area (Å²) < 4.78 is 7.48. The normalized spacial score (nSPS) is 20.2. The highest BCUT2D eigenvalue weighted by molar-refractivity contribution is 6.37. The molecule has 9 heteroatoms. The molecule has 1 saturated carbocycles. The quantitative estimate of drug-likeness (QED) is 0.501. The predicted molar refractivity (Wildman–Crippen MR) is 98.2 cm³/mol. The van der Waals surface area contributed by atoms with E-state index in [0.717, 1.165) is 30.8 Å². The first-order valence-corrected chi connectivity index (χ1v) is 9.00. The van der Waals surface area contributed by atoms with Gasteiger partial charge >= 0.3 is 0 Å². The number of rotatable bonds is 2. The fourth-order valence-electron chi connectivity index (χ4n) is 3.08. The van der Waals surface area contributed by atoms with Crippen molar-refractivity contribution < 1.29 is 14.6 Å². The van der Waals surface area contributed by atoms with E-state index in [1.807, 2.05) is 0 Å². The molecule has 4 rings (SSSR count). The first kappa shape index (κ1) is 19.1. The van der Waals surface area contributed by atoms with E-state index < -0.39 is 5.79 Å². The van der Waals surface area contributed by atoms with Crippen molar-refractivity contribution in [3.05, 3.63) is 40.9 Å².